The molecule has 2 saturated heterocycles. The number of nitrogens with zero attached hydrogens (tertiary/aromatic N) is 1. The molecule has 0 aromatic heterocycles. The zero-order valence-electron chi connectivity index (χ0n) is 10.9. The van der Waals surface area contributed by atoms with Crippen LogP contribution in [0.4, 0.5) is 0 Å². The second-order valence-corrected chi connectivity index (χ2v) is 6.24. The highest BCUT2D eigenvalue weighted by Gasteiger charge is 2.53. The Morgan fingerprint density at radius 1 is 1.25 bits per heavy atom. The largest absolute Gasteiger partial charge is 0.459 e. The number of esters is 1. The quantitative estimate of drug-likeness (QED) is 0.641. The Morgan fingerprint density at radius 3 is 2.19 bits per heavy atom. The van der Waals surface area contributed by atoms with Crippen LogP contribution in [0.5, 0.6) is 0 Å². The van der Waals surface area contributed by atoms with Gasteiger partial charge >= 0.3 is 5.97 Å². The minimum atomic E-state index is -0.253. The molecule has 0 saturated carbocycles. The van der Waals surface area contributed by atoms with Gasteiger partial charge in [0.05, 0.1) is 5.41 Å². The van der Waals surface area contributed by atoms with Crippen molar-refractivity contribution in [3.8, 4) is 0 Å². The van der Waals surface area contributed by atoms with E-state index in [2.05, 4.69) is 18.7 Å². The van der Waals surface area contributed by atoms with Gasteiger partial charge in [-0.2, -0.15) is 0 Å². The number of hydrogen-bond donors (Lipinski definition) is 0. The summed E-state index contributed by atoms with van der Waals surface area (Å²) in [7, 11) is 0. The smallest absolute Gasteiger partial charge is 0.312 e. The monoisotopic (exact) mass is 225 g/mol. The van der Waals surface area contributed by atoms with E-state index in [4.69, 9.17) is 4.74 Å². The minimum Gasteiger partial charge on any atom is -0.459 e. The molecule has 0 N–H and O–H groups in total. The van der Waals surface area contributed by atoms with Gasteiger partial charge in [0.2, 0.25) is 0 Å². The van der Waals surface area contributed by atoms with E-state index in [9.17, 15) is 4.79 Å². The topological polar surface area (TPSA) is 29.5 Å². The third kappa shape index (κ3) is 1.97. The first kappa shape index (κ1) is 11.9. The lowest BCUT2D eigenvalue weighted by molar-refractivity contribution is -0.154. The maximum atomic E-state index is 12.0. The summed E-state index contributed by atoms with van der Waals surface area (Å²) in [6.45, 7) is 10.5. The zero-order valence-corrected chi connectivity index (χ0v) is 10.9. The first-order chi connectivity index (χ1) is 7.35. The predicted molar refractivity (Wildman–Crippen MR) is 63.2 cm³/mol. The fourth-order valence-corrected chi connectivity index (χ4v) is 3.13. The number of carbonyl (C=O) groups excluding carboxylic acids is 1. The highest BCUT2D eigenvalue weighted by atomic mass is 16.6. The number of piperidine rings is 1. The molecule has 2 aliphatic heterocycles. The van der Waals surface area contributed by atoms with Crippen molar-refractivity contribution < 1.29 is 9.53 Å². The predicted octanol–water partition coefficient (Wildman–Crippen LogP) is 2.20. The van der Waals surface area contributed by atoms with Crippen molar-refractivity contribution in [3.05, 3.63) is 0 Å². The van der Waals surface area contributed by atoms with Gasteiger partial charge in [-0.3, -0.25) is 4.79 Å². The van der Waals surface area contributed by atoms with Crippen molar-refractivity contribution in [2.75, 3.05) is 13.1 Å². The number of hydrogen-bond acceptors (Lipinski definition) is 3. The summed E-state index contributed by atoms with van der Waals surface area (Å²) in [4.78, 5) is 14.5. The van der Waals surface area contributed by atoms with E-state index in [0.717, 1.165) is 32.4 Å². The molecule has 16 heavy (non-hydrogen) atoms. The molecule has 0 bridgehead atoms. The first-order valence-corrected chi connectivity index (χ1v) is 6.32. The van der Waals surface area contributed by atoms with Crippen molar-refractivity contribution in [3.63, 3.8) is 0 Å². The van der Waals surface area contributed by atoms with Crippen LogP contribution in [0, 0.1) is 5.41 Å². The number of likely N-dealkylation sites (tertiary alicyclic amines) is 1. The molecule has 2 rings (SSSR count). The second kappa shape index (κ2) is 3.73. The second-order valence-electron chi connectivity index (χ2n) is 6.24. The summed E-state index contributed by atoms with van der Waals surface area (Å²) in [5, 5.41) is 0. The van der Waals surface area contributed by atoms with Gasteiger partial charge in [0, 0.05) is 12.5 Å². The SMILES string of the molecule is CC(C)N1CCC2(CC1)CC(C)(C)OC2=O. The molecule has 2 fully saturated rings. The van der Waals surface area contributed by atoms with Gasteiger partial charge in [-0.15, -0.1) is 0 Å². The molecule has 2 aliphatic rings. The van der Waals surface area contributed by atoms with Crippen LogP contribution in [0.2, 0.25) is 0 Å². The fraction of sp³-hybridized carbons (Fsp3) is 0.923. The Balaban J connectivity index is 2.05. The van der Waals surface area contributed by atoms with Crippen LogP contribution in [0.1, 0.15) is 47.0 Å². The molecule has 3 nitrogen and oxygen atoms in total. The summed E-state index contributed by atoms with van der Waals surface area (Å²) in [5.41, 5.74) is -0.425. The Labute approximate surface area is 98.1 Å². The lowest BCUT2D eigenvalue weighted by Gasteiger charge is -2.38. The van der Waals surface area contributed by atoms with Crippen molar-refractivity contribution in [1.82, 2.24) is 4.90 Å². The van der Waals surface area contributed by atoms with Gasteiger partial charge in [-0.05, 0) is 53.6 Å². The Bertz CT molecular complexity index is 288. The van der Waals surface area contributed by atoms with E-state index in [1.165, 1.54) is 0 Å². The van der Waals surface area contributed by atoms with Crippen LogP contribution in [-0.4, -0.2) is 35.6 Å². The molecule has 1 spiro atoms. The Morgan fingerprint density at radius 2 is 1.81 bits per heavy atom. The van der Waals surface area contributed by atoms with Gasteiger partial charge < -0.3 is 9.64 Å². The average molecular weight is 225 g/mol. The highest BCUT2D eigenvalue weighted by Crippen LogP contribution is 2.47. The summed E-state index contributed by atoms with van der Waals surface area (Å²) in [6.07, 6.45) is 2.83. The molecule has 0 amide bonds. The van der Waals surface area contributed by atoms with Crippen LogP contribution >= 0.6 is 0 Å². The third-order valence-electron chi connectivity index (χ3n) is 4.05. The highest BCUT2D eigenvalue weighted by molar-refractivity contribution is 5.79. The molecule has 3 heteroatoms. The summed E-state index contributed by atoms with van der Waals surface area (Å²) < 4.78 is 5.48. The van der Waals surface area contributed by atoms with Gasteiger partial charge in [-0.25, -0.2) is 0 Å². The van der Waals surface area contributed by atoms with Crippen molar-refractivity contribution in [2.24, 2.45) is 5.41 Å². The molecule has 0 radical (unpaired) electrons. The maximum Gasteiger partial charge on any atom is 0.312 e. The standard InChI is InChI=1S/C13H23NO2/c1-10(2)14-7-5-13(6-8-14)9-12(3,4)16-11(13)15/h10H,5-9H2,1-4H3. The van der Waals surface area contributed by atoms with Gasteiger partial charge in [0.1, 0.15) is 5.60 Å². The molecule has 92 valence electrons. The number of ether oxygens (including phenoxy) is 1. The van der Waals surface area contributed by atoms with E-state index >= 15 is 0 Å². The molecule has 0 aromatic rings. The summed E-state index contributed by atoms with van der Waals surface area (Å²) in [6, 6.07) is 0.586. The fourth-order valence-electron chi connectivity index (χ4n) is 3.13. The van der Waals surface area contributed by atoms with E-state index in [0.29, 0.717) is 6.04 Å². The van der Waals surface area contributed by atoms with Crippen molar-refractivity contribution >= 4 is 5.97 Å². The third-order valence-corrected chi connectivity index (χ3v) is 4.05. The molecule has 0 aliphatic carbocycles. The maximum absolute atomic E-state index is 12.0. The van der Waals surface area contributed by atoms with E-state index in [1.807, 2.05) is 13.8 Å². The zero-order chi connectivity index (χ0) is 12.0. The van der Waals surface area contributed by atoms with Crippen molar-refractivity contribution in [2.45, 2.75) is 58.6 Å². The van der Waals surface area contributed by atoms with Gasteiger partial charge in [0.15, 0.2) is 0 Å². The summed E-state index contributed by atoms with van der Waals surface area (Å²) in [5.74, 6) is 0.0425. The van der Waals surface area contributed by atoms with Crippen LogP contribution in [0.3, 0.4) is 0 Å². The van der Waals surface area contributed by atoms with Crippen LogP contribution in [0.25, 0.3) is 0 Å². The molecular formula is C13H23NO2. The van der Waals surface area contributed by atoms with Gasteiger partial charge in [0.25, 0.3) is 0 Å². The Hall–Kier alpha value is -0.570. The minimum absolute atomic E-state index is 0.0425. The molecule has 0 aromatic carbocycles. The number of carbonyl (C=O) groups is 1. The first-order valence-electron chi connectivity index (χ1n) is 6.32. The van der Waals surface area contributed by atoms with Gasteiger partial charge in [-0.1, -0.05) is 0 Å². The van der Waals surface area contributed by atoms with Crippen LogP contribution in [0.15, 0.2) is 0 Å². The Kier molecular flexibility index (Phi) is 2.77. The average Bonchev–Trinajstić information content (AvgIpc) is 2.37. The van der Waals surface area contributed by atoms with E-state index in [1.54, 1.807) is 0 Å². The molecular weight excluding hydrogens is 202 g/mol. The number of cyclic esters (lactones) is 1. The molecule has 0 atom stereocenters. The lowest BCUT2D eigenvalue weighted by atomic mass is 9.74. The normalized spacial score (nSPS) is 28.7. The number of rotatable bonds is 1. The molecule has 0 unspecified atom stereocenters. The molecule has 2 heterocycles. The lowest BCUT2D eigenvalue weighted by Crippen LogP contribution is -2.45. The van der Waals surface area contributed by atoms with E-state index in [-0.39, 0.29) is 17.0 Å². The summed E-state index contributed by atoms with van der Waals surface area (Å²) >= 11 is 0. The van der Waals surface area contributed by atoms with Crippen LogP contribution in [-0.2, 0) is 9.53 Å². The van der Waals surface area contributed by atoms with Crippen LogP contribution < -0.4 is 0 Å². The van der Waals surface area contributed by atoms with Crippen molar-refractivity contribution in [1.29, 1.82) is 0 Å². The van der Waals surface area contributed by atoms with E-state index < -0.39 is 0 Å².